The lowest BCUT2D eigenvalue weighted by molar-refractivity contribution is -0.384. The summed E-state index contributed by atoms with van der Waals surface area (Å²) >= 11 is 0. The van der Waals surface area contributed by atoms with Gasteiger partial charge in [-0.15, -0.1) is 0 Å². The maximum atomic E-state index is 13.4. The first-order chi connectivity index (χ1) is 11.0. The Morgan fingerprint density at radius 1 is 1.39 bits per heavy atom. The standard InChI is InChI=1S/C16H24FN3O3/c1-12(2)9-14(19-5-7-23-8-6-19)11-18-15-10-13(17)3-4-16(15)20(21)22/h3-4,10,12,14,18H,5-9,11H2,1-2H3. The number of anilines is 1. The summed E-state index contributed by atoms with van der Waals surface area (Å²) in [5, 5.41) is 14.1. The van der Waals surface area contributed by atoms with Crippen molar-refractivity contribution in [3.8, 4) is 0 Å². The van der Waals surface area contributed by atoms with Crippen molar-refractivity contribution in [2.45, 2.75) is 26.3 Å². The molecule has 0 spiro atoms. The third-order valence-corrected chi connectivity index (χ3v) is 3.99. The van der Waals surface area contributed by atoms with Gasteiger partial charge in [0.2, 0.25) is 0 Å². The summed E-state index contributed by atoms with van der Waals surface area (Å²) in [6, 6.07) is 3.73. The molecule has 1 fully saturated rings. The number of nitrogens with zero attached hydrogens (tertiary/aromatic N) is 2. The van der Waals surface area contributed by atoms with Gasteiger partial charge in [0.1, 0.15) is 11.5 Å². The SMILES string of the molecule is CC(C)CC(CNc1cc(F)ccc1[N+](=O)[O-])N1CCOCC1. The van der Waals surface area contributed by atoms with E-state index in [9.17, 15) is 14.5 Å². The van der Waals surface area contributed by atoms with Gasteiger partial charge in [0.05, 0.1) is 18.1 Å². The van der Waals surface area contributed by atoms with E-state index in [0.717, 1.165) is 25.6 Å². The molecule has 2 rings (SSSR count). The minimum Gasteiger partial charge on any atom is -0.379 e. The summed E-state index contributed by atoms with van der Waals surface area (Å²) < 4.78 is 18.8. The fourth-order valence-corrected chi connectivity index (χ4v) is 2.89. The molecule has 1 aliphatic rings. The second-order valence-electron chi connectivity index (χ2n) is 6.23. The minimum atomic E-state index is -0.492. The molecule has 6 nitrogen and oxygen atoms in total. The molecule has 0 bridgehead atoms. The summed E-state index contributed by atoms with van der Waals surface area (Å²) in [4.78, 5) is 12.9. The van der Waals surface area contributed by atoms with Gasteiger partial charge >= 0.3 is 0 Å². The second kappa shape index (κ2) is 8.21. The lowest BCUT2D eigenvalue weighted by Gasteiger charge is -2.35. The van der Waals surface area contributed by atoms with Crippen molar-refractivity contribution in [2.75, 3.05) is 38.2 Å². The molecule has 1 saturated heterocycles. The summed E-state index contributed by atoms with van der Waals surface area (Å²) in [7, 11) is 0. The second-order valence-corrected chi connectivity index (χ2v) is 6.23. The Hall–Kier alpha value is -1.73. The Labute approximate surface area is 135 Å². The molecular formula is C16H24FN3O3. The molecule has 0 aliphatic carbocycles. The highest BCUT2D eigenvalue weighted by Gasteiger charge is 2.23. The van der Waals surface area contributed by atoms with Crippen molar-refractivity contribution >= 4 is 11.4 Å². The van der Waals surface area contributed by atoms with Crippen molar-refractivity contribution in [3.63, 3.8) is 0 Å². The van der Waals surface area contributed by atoms with Crippen LogP contribution in [0.25, 0.3) is 0 Å². The Bertz CT molecular complexity index is 533. The Kier molecular flexibility index (Phi) is 6.29. The summed E-state index contributed by atoms with van der Waals surface area (Å²) in [5.41, 5.74) is 0.133. The molecule has 0 radical (unpaired) electrons. The van der Waals surface area contributed by atoms with E-state index in [-0.39, 0.29) is 17.4 Å². The smallest absolute Gasteiger partial charge is 0.292 e. The van der Waals surface area contributed by atoms with Crippen LogP contribution in [0.2, 0.25) is 0 Å². The van der Waals surface area contributed by atoms with Gasteiger partial charge in [-0.1, -0.05) is 13.8 Å². The lowest BCUT2D eigenvalue weighted by atomic mass is 10.0. The number of nitrogens with one attached hydrogen (secondary N) is 1. The zero-order chi connectivity index (χ0) is 16.8. The predicted octanol–water partition coefficient (Wildman–Crippen LogP) is 2.89. The van der Waals surface area contributed by atoms with Crippen molar-refractivity contribution in [1.82, 2.24) is 4.90 Å². The van der Waals surface area contributed by atoms with Crippen LogP contribution in [-0.2, 0) is 4.74 Å². The van der Waals surface area contributed by atoms with Crippen molar-refractivity contribution < 1.29 is 14.1 Å². The Morgan fingerprint density at radius 3 is 2.70 bits per heavy atom. The molecule has 1 aliphatic heterocycles. The van der Waals surface area contributed by atoms with Crippen molar-refractivity contribution in [2.24, 2.45) is 5.92 Å². The minimum absolute atomic E-state index is 0.100. The number of rotatable bonds is 7. The lowest BCUT2D eigenvalue weighted by Crippen LogP contribution is -2.47. The van der Waals surface area contributed by atoms with Gasteiger partial charge in [-0.2, -0.15) is 0 Å². The number of halogens is 1. The summed E-state index contributed by atoms with van der Waals surface area (Å²) in [6.07, 6.45) is 0.968. The molecule has 0 aromatic heterocycles. The van der Waals surface area contributed by atoms with Crippen LogP contribution in [0.5, 0.6) is 0 Å². The van der Waals surface area contributed by atoms with Crippen molar-refractivity contribution in [1.29, 1.82) is 0 Å². The van der Waals surface area contributed by atoms with E-state index in [2.05, 4.69) is 24.1 Å². The van der Waals surface area contributed by atoms with E-state index in [1.165, 1.54) is 12.1 Å². The average molecular weight is 325 g/mol. The summed E-state index contributed by atoms with van der Waals surface area (Å²) in [6.45, 7) is 7.96. The third kappa shape index (κ3) is 5.14. The molecule has 1 aromatic carbocycles. The van der Waals surface area contributed by atoms with E-state index in [4.69, 9.17) is 4.74 Å². The number of hydrogen-bond acceptors (Lipinski definition) is 5. The fourth-order valence-electron chi connectivity index (χ4n) is 2.89. The van der Waals surface area contributed by atoms with Gasteiger partial charge < -0.3 is 10.1 Å². The normalized spacial score (nSPS) is 17.2. The van der Waals surface area contributed by atoms with Crippen LogP contribution in [0.15, 0.2) is 18.2 Å². The number of nitro groups is 1. The van der Waals surface area contributed by atoms with Crippen LogP contribution in [0.3, 0.4) is 0 Å². The number of morpholine rings is 1. The summed E-state index contributed by atoms with van der Waals surface area (Å²) in [5.74, 6) is 0.0250. The first-order valence-corrected chi connectivity index (χ1v) is 7.97. The molecule has 0 amide bonds. The molecule has 1 atom stereocenters. The van der Waals surface area contributed by atoms with E-state index in [0.29, 0.717) is 25.7 Å². The maximum Gasteiger partial charge on any atom is 0.292 e. The van der Waals surface area contributed by atoms with E-state index < -0.39 is 10.7 Å². The maximum absolute atomic E-state index is 13.4. The molecule has 1 aromatic rings. The van der Waals surface area contributed by atoms with Crippen molar-refractivity contribution in [3.05, 3.63) is 34.1 Å². The largest absolute Gasteiger partial charge is 0.379 e. The average Bonchev–Trinajstić information content (AvgIpc) is 2.51. The molecule has 128 valence electrons. The predicted molar refractivity (Wildman–Crippen MR) is 87.2 cm³/mol. The first-order valence-electron chi connectivity index (χ1n) is 7.97. The molecule has 0 saturated carbocycles. The molecule has 1 unspecified atom stereocenters. The molecule has 7 heteroatoms. The van der Waals surface area contributed by atoms with Gasteiger partial charge in [0, 0.05) is 37.8 Å². The van der Waals surface area contributed by atoms with Crippen LogP contribution >= 0.6 is 0 Å². The van der Waals surface area contributed by atoms with Crippen LogP contribution in [0.4, 0.5) is 15.8 Å². The number of ether oxygens (including phenoxy) is 1. The van der Waals surface area contributed by atoms with Crippen LogP contribution in [-0.4, -0.2) is 48.7 Å². The van der Waals surface area contributed by atoms with E-state index >= 15 is 0 Å². The monoisotopic (exact) mass is 325 g/mol. The zero-order valence-electron chi connectivity index (χ0n) is 13.6. The first kappa shape index (κ1) is 17.6. The third-order valence-electron chi connectivity index (χ3n) is 3.99. The quantitative estimate of drug-likeness (QED) is 0.617. The highest BCUT2D eigenvalue weighted by atomic mass is 19.1. The van der Waals surface area contributed by atoms with E-state index in [1.807, 2.05) is 0 Å². The Morgan fingerprint density at radius 2 is 2.09 bits per heavy atom. The van der Waals surface area contributed by atoms with E-state index in [1.54, 1.807) is 0 Å². The van der Waals surface area contributed by atoms with Gasteiger partial charge in [0.15, 0.2) is 0 Å². The van der Waals surface area contributed by atoms with Gasteiger partial charge in [-0.25, -0.2) is 4.39 Å². The Balaban J connectivity index is 2.08. The molecule has 1 heterocycles. The molecular weight excluding hydrogens is 301 g/mol. The molecule has 23 heavy (non-hydrogen) atoms. The highest BCUT2D eigenvalue weighted by molar-refractivity contribution is 5.61. The van der Waals surface area contributed by atoms with Crippen LogP contribution in [0.1, 0.15) is 20.3 Å². The number of hydrogen-bond donors (Lipinski definition) is 1. The van der Waals surface area contributed by atoms with Gasteiger partial charge in [-0.3, -0.25) is 15.0 Å². The van der Waals surface area contributed by atoms with Gasteiger partial charge in [-0.05, 0) is 18.4 Å². The zero-order valence-corrected chi connectivity index (χ0v) is 13.6. The number of benzene rings is 1. The van der Waals surface area contributed by atoms with Crippen LogP contribution in [0, 0.1) is 21.8 Å². The fraction of sp³-hybridized carbons (Fsp3) is 0.625. The highest BCUT2D eigenvalue weighted by Crippen LogP contribution is 2.25. The topological polar surface area (TPSA) is 67.6 Å². The van der Waals surface area contributed by atoms with Gasteiger partial charge in [0.25, 0.3) is 5.69 Å². The molecule has 1 N–H and O–H groups in total. The number of nitro benzene ring substituents is 1. The van der Waals surface area contributed by atoms with Crippen LogP contribution < -0.4 is 5.32 Å².